The van der Waals surface area contributed by atoms with Gasteiger partial charge in [-0.1, -0.05) is 66.7 Å². The molecule has 1 heteroatoms. The van der Waals surface area contributed by atoms with Gasteiger partial charge in [0.25, 0.3) is 0 Å². The van der Waals surface area contributed by atoms with Gasteiger partial charge in [-0.25, -0.2) is 0 Å². The van der Waals surface area contributed by atoms with Crippen LogP contribution in [-0.2, 0) is 6.42 Å². The highest BCUT2D eigenvalue weighted by atomic mass is 14.4. The van der Waals surface area contributed by atoms with Crippen molar-refractivity contribution in [2.24, 2.45) is 0 Å². The van der Waals surface area contributed by atoms with Crippen LogP contribution in [-0.4, -0.2) is 0 Å². The largest absolute Gasteiger partial charge is 0.198 e. The second-order valence-electron chi connectivity index (χ2n) is 6.42. The Hall–Kier alpha value is -2.85. The fourth-order valence-corrected chi connectivity index (χ4v) is 4.42. The molecule has 3 aliphatic carbocycles. The van der Waals surface area contributed by atoms with E-state index in [4.69, 9.17) is 5.26 Å². The van der Waals surface area contributed by atoms with Gasteiger partial charge in [0.05, 0.1) is 12.5 Å². The minimum absolute atomic E-state index is 0.307. The van der Waals surface area contributed by atoms with Crippen molar-refractivity contribution in [1.82, 2.24) is 0 Å². The lowest BCUT2D eigenvalue weighted by Crippen LogP contribution is -2.27. The highest BCUT2D eigenvalue weighted by Gasteiger charge is 2.40. The number of hydrogen-bond acceptors (Lipinski definition) is 1. The van der Waals surface area contributed by atoms with E-state index < -0.39 is 0 Å². The van der Waals surface area contributed by atoms with Gasteiger partial charge in [0.1, 0.15) is 0 Å². The van der Waals surface area contributed by atoms with E-state index in [1.165, 1.54) is 33.4 Å². The molecule has 0 N–H and O–H groups in total. The average Bonchev–Trinajstić information content (AvgIpc) is 2.61. The monoisotopic (exact) mass is 293 g/mol. The van der Waals surface area contributed by atoms with Gasteiger partial charge >= 0.3 is 0 Å². The topological polar surface area (TPSA) is 23.8 Å². The zero-order valence-electron chi connectivity index (χ0n) is 12.7. The van der Waals surface area contributed by atoms with Gasteiger partial charge in [-0.2, -0.15) is 5.26 Å². The van der Waals surface area contributed by atoms with Crippen LogP contribution < -0.4 is 0 Å². The third-order valence-corrected chi connectivity index (χ3v) is 5.29. The lowest BCUT2D eigenvalue weighted by molar-refractivity contribution is 0.752. The number of rotatable bonds is 1. The van der Waals surface area contributed by atoms with E-state index in [0.717, 1.165) is 5.56 Å². The quantitative estimate of drug-likeness (QED) is 0.438. The van der Waals surface area contributed by atoms with Gasteiger partial charge in [-0.3, -0.25) is 0 Å². The van der Waals surface area contributed by atoms with Gasteiger partial charge in [-0.05, 0) is 38.9 Å². The van der Waals surface area contributed by atoms with Crippen molar-refractivity contribution in [3.05, 3.63) is 106 Å². The van der Waals surface area contributed by atoms with E-state index in [-0.39, 0.29) is 0 Å². The molecule has 2 bridgehead atoms. The van der Waals surface area contributed by atoms with Crippen LogP contribution in [0.2, 0.25) is 0 Å². The van der Waals surface area contributed by atoms with Crippen molar-refractivity contribution in [1.29, 1.82) is 5.26 Å². The molecule has 0 spiro atoms. The van der Waals surface area contributed by atoms with Crippen LogP contribution in [0, 0.1) is 11.3 Å². The lowest BCUT2D eigenvalue weighted by atomic mass is 9.61. The van der Waals surface area contributed by atoms with Crippen LogP contribution in [0.25, 0.3) is 0 Å². The van der Waals surface area contributed by atoms with Crippen LogP contribution >= 0.6 is 0 Å². The number of benzene rings is 3. The Morgan fingerprint density at radius 1 is 0.652 bits per heavy atom. The van der Waals surface area contributed by atoms with Crippen molar-refractivity contribution >= 4 is 0 Å². The minimum atomic E-state index is 0.307. The van der Waals surface area contributed by atoms with Crippen LogP contribution in [0.1, 0.15) is 50.8 Å². The highest BCUT2D eigenvalue weighted by molar-refractivity contribution is 5.68. The highest BCUT2D eigenvalue weighted by Crippen LogP contribution is 2.55. The lowest BCUT2D eigenvalue weighted by Gasteiger charge is -2.42. The summed E-state index contributed by atoms with van der Waals surface area (Å²) in [7, 11) is 0. The molecule has 0 heterocycles. The maximum Gasteiger partial charge on any atom is 0.0669 e. The zero-order chi connectivity index (χ0) is 15.4. The average molecular weight is 293 g/mol. The molecular weight excluding hydrogens is 278 g/mol. The maximum atomic E-state index is 9.02. The summed E-state index contributed by atoms with van der Waals surface area (Å²) in [5.74, 6) is 0.638. The summed E-state index contributed by atoms with van der Waals surface area (Å²) >= 11 is 0. The Balaban J connectivity index is 1.83. The predicted molar refractivity (Wildman–Crippen MR) is 90.5 cm³/mol. The first-order valence-electron chi connectivity index (χ1n) is 8.06. The summed E-state index contributed by atoms with van der Waals surface area (Å²) < 4.78 is 0. The molecular formula is C22H15N. The normalized spacial score (nSPS) is 19.4. The first-order valence-corrected chi connectivity index (χ1v) is 8.06. The predicted octanol–water partition coefficient (Wildman–Crippen LogP) is 4.74. The summed E-state index contributed by atoms with van der Waals surface area (Å²) in [6.45, 7) is 0. The molecule has 3 aromatic rings. The SMILES string of the molecule is N#CCc1ccc2c(c1)C1c3ccccc3C2c2ccccc21. The number of nitrogens with zero attached hydrogens (tertiary/aromatic N) is 1. The molecule has 3 aliphatic rings. The van der Waals surface area contributed by atoms with Gasteiger partial charge in [-0.15, -0.1) is 0 Å². The van der Waals surface area contributed by atoms with E-state index in [0.29, 0.717) is 18.3 Å². The maximum absolute atomic E-state index is 9.02. The molecule has 23 heavy (non-hydrogen) atoms. The number of hydrogen-bond donors (Lipinski definition) is 0. The molecule has 0 atom stereocenters. The standard InChI is InChI=1S/C22H15N/c23-12-11-14-9-10-19-20(13-14)22-17-7-3-1-5-15(17)21(19)16-6-2-4-8-18(16)22/h1-10,13,21-22H,11H2. The molecule has 0 saturated carbocycles. The molecule has 108 valence electrons. The molecule has 6 rings (SSSR count). The summed E-state index contributed by atoms with van der Waals surface area (Å²) in [4.78, 5) is 0. The summed E-state index contributed by atoms with van der Waals surface area (Å²) in [5, 5.41) is 9.02. The summed E-state index contributed by atoms with van der Waals surface area (Å²) in [5.41, 5.74) is 9.66. The van der Waals surface area contributed by atoms with Gasteiger partial charge in [0.15, 0.2) is 0 Å². The van der Waals surface area contributed by atoms with Crippen LogP contribution in [0.4, 0.5) is 0 Å². The van der Waals surface area contributed by atoms with E-state index >= 15 is 0 Å². The molecule has 0 unspecified atom stereocenters. The van der Waals surface area contributed by atoms with Crippen molar-refractivity contribution in [2.45, 2.75) is 18.3 Å². The second kappa shape index (κ2) is 4.57. The van der Waals surface area contributed by atoms with Crippen LogP contribution in [0.15, 0.2) is 66.7 Å². The Morgan fingerprint density at radius 2 is 1.13 bits per heavy atom. The Morgan fingerprint density at radius 3 is 1.65 bits per heavy atom. The Kier molecular flexibility index (Phi) is 2.52. The summed E-state index contributed by atoms with van der Waals surface area (Å²) in [6, 6.07) is 26.5. The zero-order valence-corrected chi connectivity index (χ0v) is 12.7. The molecule has 0 fully saturated rings. The fraction of sp³-hybridized carbons (Fsp3) is 0.136. The number of nitriles is 1. The third-order valence-electron chi connectivity index (χ3n) is 5.29. The van der Waals surface area contributed by atoms with Gasteiger partial charge in [0.2, 0.25) is 0 Å². The molecule has 0 amide bonds. The smallest absolute Gasteiger partial charge is 0.0669 e. The van der Waals surface area contributed by atoms with Crippen LogP contribution in [0.5, 0.6) is 0 Å². The van der Waals surface area contributed by atoms with Crippen molar-refractivity contribution in [2.75, 3.05) is 0 Å². The molecule has 0 aromatic heterocycles. The Labute approximate surface area is 135 Å². The fourth-order valence-electron chi connectivity index (χ4n) is 4.42. The van der Waals surface area contributed by atoms with E-state index in [1.54, 1.807) is 0 Å². The molecule has 1 nitrogen and oxygen atoms in total. The third kappa shape index (κ3) is 1.61. The molecule has 3 aromatic carbocycles. The minimum Gasteiger partial charge on any atom is -0.198 e. The molecule has 0 aliphatic heterocycles. The van der Waals surface area contributed by atoms with Crippen molar-refractivity contribution < 1.29 is 0 Å². The van der Waals surface area contributed by atoms with Gasteiger partial charge in [0, 0.05) is 11.8 Å². The molecule has 0 radical (unpaired) electrons. The van der Waals surface area contributed by atoms with E-state index in [9.17, 15) is 0 Å². The summed E-state index contributed by atoms with van der Waals surface area (Å²) in [6.07, 6.45) is 0.480. The first kappa shape index (κ1) is 12.7. The van der Waals surface area contributed by atoms with Crippen molar-refractivity contribution in [3.8, 4) is 6.07 Å². The van der Waals surface area contributed by atoms with Gasteiger partial charge < -0.3 is 0 Å². The van der Waals surface area contributed by atoms with Crippen molar-refractivity contribution in [3.63, 3.8) is 0 Å². The Bertz CT molecular complexity index is 930. The van der Waals surface area contributed by atoms with Crippen LogP contribution in [0.3, 0.4) is 0 Å². The van der Waals surface area contributed by atoms with E-state index in [2.05, 4.69) is 72.8 Å². The van der Waals surface area contributed by atoms with E-state index in [1.807, 2.05) is 0 Å². The molecule has 0 saturated heterocycles. The second-order valence-corrected chi connectivity index (χ2v) is 6.42. The first-order chi connectivity index (χ1) is 11.4.